The first kappa shape index (κ1) is 11.2. The molecule has 1 aliphatic rings. The second-order valence-electron chi connectivity index (χ2n) is 2.30. The molecule has 0 aromatic heterocycles. The Morgan fingerprint density at radius 1 is 1.83 bits per heavy atom. The number of carbonyl (C=O) groups is 1. The lowest BCUT2D eigenvalue weighted by atomic mass is 10.2. The smallest absolute Gasteiger partial charge is 0.330 e. The molecule has 0 fully saturated rings. The highest BCUT2D eigenvalue weighted by Gasteiger charge is 2.24. The van der Waals surface area contributed by atoms with Gasteiger partial charge in [-0.2, -0.15) is 0 Å². The first-order valence-corrected chi connectivity index (χ1v) is 3.39. The van der Waals surface area contributed by atoms with Gasteiger partial charge in [0.2, 0.25) is 0 Å². The van der Waals surface area contributed by atoms with Crippen LogP contribution < -0.4 is 11.3 Å². The monoisotopic (exact) mass is 193 g/mol. The SMILES string of the molecule is COC(=O)C1CCC(NN)=N1.Cl. The Hall–Kier alpha value is -0.810. The molecular weight excluding hydrogens is 182 g/mol. The van der Waals surface area contributed by atoms with Crippen LogP contribution >= 0.6 is 12.4 Å². The van der Waals surface area contributed by atoms with Gasteiger partial charge in [-0.3, -0.25) is 4.99 Å². The number of rotatable bonds is 1. The molecule has 0 spiro atoms. The summed E-state index contributed by atoms with van der Waals surface area (Å²) in [5, 5.41) is 0. The number of halogens is 1. The van der Waals surface area contributed by atoms with E-state index in [9.17, 15) is 4.79 Å². The summed E-state index contributed by atoms with van der Waals surface area (Å²) >= 11 is 0. The Kier molecular flexibility index (Phi) is 4.61. The van der Waals surface area contributed by atoms with Crippen LogP contribution in [0.2, 0.25) is 0 Å². The zero-order valence-electron chi connectivity index (χ0n) is 6.74. The third-order valence-corrected chi connectivity index (χ3v) is 1.61. The third-order valence-electron chi connectivity index (χ3n) is 1.61. The summed E-state index contributed by atoms with van der Waals surface area (Å²) in [5.74, 6) is 5.48. The van der Waals surface area contributed by atoms with Crippen molar-refractivity contribution >= 4 is 24.2 Å². The van der Waals surface area contributed by atoms with Crippen LogP contribution in [0.5, 0.6) is 0 Å². The van der Waals surface area contributed by atoms with Gasteiger partial charge < -0.3 is 10.2 Å². The van der Waals surface area contributed by atoms with E-state index in [2.05, 4.69) is 15.2 Å². The summed E-state index contributed by atoms with van der Waals surface area (Å²) in [5.41, 5.74) is 2.42. The molecule has 0 aliphatic carbocycles. The number of nitrogens with zero attached hydrogens (tertiary/aromatic N) is 1. The number of hydrazine groups is 1. The number of aliphatic imine (C=N–C) groups is 1. The van der Waals surface area contributed by atoms with Gasteiger partial charge in [0, 0.05) is 6.42 Å². The molecule has 0 aromatic rings. The van der Waals surface area contributed by atoms with Crippen molar-refractivity contribution < 1.29 is 9.53 Å². The van der Waals surface area contributed by atoms with Crippen molar-refractivity contribution in [2.75, 3.05) is 7.11 Å². The second kappa shape index (κ2) is 4.95. The summed E-state index contributed by atoms with van der Waals surface area (Å²) in [6.07, 6.45) is 1.41. The van der Waals surface area contributed by atoms with Crippen molar-refractivity contribution in [3.05, 3.63) is 0 Å². The van der Waals surface area contributed by atoms with E-state index >= 15 is 0 Å². The quantitative estimate of drug-likeness (QED) is 0.338. The molecule has 12 heavy (non-hydrogen) atoms. The van der Waals surface area contributed by atoms with Crippen molar-refractivity contribution in [2.45, 2.75) is 18.9 Å². The van der Waals surface area contributed by atoms with Crippen LogP contribution in [-0.2, 0) is 9.53 Å². The third kappa shape index (κ3) is 2.35. The van der Waals surface area contributed by atoms with E-state index in [0.717, 1.165) is 6.42 Å². The molecule has 0 amide bonds. The molecule has 1 heterocycles. The van der Waals surface area contributed by atoms with E-state index in [-0.39, 0.29) is 24.4 Å². The number of hydrogen-bond donors (Lipinski definition) is 2. The minimum atomic E-state index is -0.356. The van der Waals surface area contributed by atoms with Gasteiger partial charge >= 0.3 is 5.97 Å². The lowest BCUT2D eigenvalue weighted by Crippen LogP contribution is -2.28. The molecule has 0 bridgehead atoms. The Balaban J connectivity index is 0.00000121. The van der Waals surface area contributed by atoms with E-state index < -0.39 is 0 Å². The molecule has 70 valence electrons. The van der Waals surface area contributed by atoms with Gasteiger partial charge in [-0.15, -0.1) is 12.4 Å². The maximum Gasteiger partial charge on any atom is 0.330 e. The number of carbonyl (C=O) groups excluding carboxylic acids is 1. The number of methoxy groups -OCH3 is 1. The Bertz CT molecular complexity index is 195. The largest absolute Gasteiger partial charge is 0.467 e. The fraction of sp³-hybridized carbons (Fsp3) is 0.667. The average molecular weight is 194 g/mol. The van der Waals surface area contributed by atoms with E-state index in [1.807, 2.05) is 0 Å². The van der Waals surface area contributed by atoms with Crippen molar-refractivity contribution in [3.63, 3.8) is 0 Å². The summed E-state index contributed by atoms with van der Waals surface area (Å²) in [4.78, 5) is 14.9. The van der Waals surface area contributed by atoms with Gasteiger partial charge in [-0.05, 0) is 6.42 Å². The van der Waals surface area contributed by atoms with Crippen LogP contribution in [0.25, 0.3) is 0 Å². The summed E-state index contributed by atoms with van der Waals surface area (Å²) < 4.78 is 4.51. The fourth-order valence-corrected chi connectivity index (χ4v) is 1.01. The van der Waals surface area contributed by atoms with Crippen LogP contribution in [0, 0.1) is 0 Å². The van der Waals surface area contributed by atoms with Gasteiger partial charge in [0.05, 0.1) is 7.11 Å². The molecule has 0 radical (unpaired) electrons. The van der Waals surface area contributed by atoms with Crippen LogP contribution in [0.3, 0.4) is 0 Å². The maximum absolute atomic E-state index is 10.9. The molecule has 1 rings (SSSR count). The minimum Gasteiger partial charge on any atom is -0.467 e. The average Bonchev–Trinajstić information content (AvgIpc) is 2.50. The highest BCUT2D eigenvalue weighted by atomic mass is 35.5. The Morgan fingerprint density at radius 2 is 2.50 bits per heavy atom. The number of nitrogens with two attached hydrogens (primary N) is 1. The van der Waals surface area contributed by atoms with Crippen molar-refractivity contribution in [2.24, 2.45) is 10.8 Å². The normalized spacial score (nSPS) is 20.8. The lowest BCUT2D eigenvalue weighted by Gasteiger charge is -2.01. The van der Waals surface area contributed by atoms with Gasteiger partial charge in [0.15, 0.2) is 0 Å². The van der Waals surface area contributed by atoms with Crippen LogP contribution in [0.15, 0.2) is 4.99 Å². The van der Waals surface area contributed by atoms with Crippen molar-refractivity contribution in [1.29, 1.82) is 0 Å². The standard InChI is InChI=1S/C6H11N3O2.ClH/c1-11-6(10)4-2-3-5(8-4)9-7;/h4H,2-3,7H2,1H3,(H,8,9);1H. The topological polar surface area (TPSA) is 76.7 Å². The lowest BCUT2D eigenvalue weighted by molar-refractivity contribution is -0.141. The molecule has 5 nitrogen and oxygen atoms in total. The highest BCUT2D eigenvalue weighted by Crippen LogP contribution is 2.12. The van der Waals surface area contributed by atoms with E-state index in [0.29, 0.717) is 12.3 Å². The number of ether oxygens (including phenoxy) is 1. The molecule has 1 atom stereocenters. The Labute approximate surface area is 76.7 Å². The second-order valence-corrected chi connectivity index (χ2v) is 2.30. The maximum atomic E-state index is 10.9. The number of esters is 1. The first-order valence-electron chi connectivity index (χ1n) is 3.39. The van der Waals surface area contributed by atoms with E-state index in [1.165, 1.54) is 7.11 Å². The molecule has 1 unspecified atom stereocenters. The van der Waals surface area contributed by atoms with Crippen molar-refractivity contribution in [3.8, 4) is 0 Å². The van der Waals surface area contributed by atoms with Crippen molar-refractivity contribution in [1.82, 2.24) is 5.43 Å². The predicted octanol–water partition coefficient (Wildman–Crippen LogP) is -0.395. The molecule has 3 N–H and O–H groups in total. The summed E-state index contributed by atoms with van der Waals surface area (Å²) in [6, 6.07) is -0.356. The van der Waals surface area contributed by atoms with E-state index in [4.69, 9.17) is 5.84 Å². The van der Waals surface area contributed by atoms with Crippen LogP contribution in [-0.4, -0.2) is 25.0 Å². The summed E-state index contributed by atoms with van der Waals surface area (Å²) in [7, 11) is 1.35. The molecular formula is C6H12ClN3O2. The highest BCUT2D eigenvalue weighted by molar-refractivity contribution is 5.89. The number of amidine groups is 1. The number of nitrogens with one attached hydrogen (secondary N) is 1. The predicted molar refractivity (Wildman–Crippen MR) is 47.0 cm³/mol. The van der Waals surface area contributed by atoms with Crippen LogP contribution in [0.4, 0.5) is 0 Å². The number of hydrogen-bond acceptors (Lipinski definition) is 5. The zero-order chi connectivity index (χ0) is 8.27. The summed E-state index contributed by atoms with van der Waals surface area (Å²) in [6.45, 7) is 0. The van der Waals surface area contributed by atoms with Gasteiger partial charge in [-0.25, -0.2) is 10.6 Å². The Morgan fingerprint density at radius 3 is 2.92 bits per heavy atom. The minimum absolute atomic E-state index is 0. The van der Waals surface area contributed by atoms with Crippen LogP contribution in [0.1, 0.15) is 12.8 Å². The van der Waals surface area contributed by atoms with Gasteiger partial charge in [0.1, 0.15) is 11.9 Å². The first-order chi connectivity index (χ1) is 5.27. The molecule has 0 saturated heterocycles. The molecule has 0 saturated carbocycles. The van der Waals surface area contributed by atoms with Gasteiger partial charge in [-0.1, -0.05) is 0 Å². The molecule has 1 aliphatic heterocycles. The molecule has 0 aromatic carbocycles. The fourth-order valence-electron chi connectivity index (χ4n) is 1.01. The molecule has 6 heteroatoms. The van der Waals surface area contributed by atoms with E-state index in [1.54, 1.807) is 0 Å². The zero-order valence-corrected chi connectivity index (χ0v) is 7.56. The van der Waals surface area contributed by atoms with Gasteiger partial charge in [0.25, 0.3) is 0 Å².